The molecule has 0 fully saturated rings. The van der Waals surface area contributed by atoms with Gasteiger partial charge in [0.25, 0.3) is 0 Å². The van der Waals surface area contributed by atoms with Crippen LogP contribution in [-0.4, -0.2) is 20.5 Å². The van der Waals surface area contributed by atoms with Gasteiger partial charge in [0.15, 0.2) is 0 Å². The maximum Gasteiger partial charge on any atom is 0.127 e. The highest BCUT2D eigenvalue weighted by Gasteiger charge is 2.14. The Kier molecular flexibility index (Phi) is 2.94. The Morgan fingerprint density at radius 3 is 2.24 bits per heavy atom. The average molecular weight is 241 g/mol. The second-order valence-corrected chi connectivity index (χ2v) is 4.62. The lowest BCUT2D eigenvalue weighted by Gasteiger charge is -2.14. The lowest BCUT2D eigenvalue weighted by Crippen LogP contribution is -2.06. The Morgan fingerprint density at radius 2 is 1.59 bits per heavy atom. The van der Waals surface area contributed by atoms with E-state index >= 15 is 0 Å². The van der Waals surface area contributed by atoms with E-state index in [1.54, 1.807) is 0 Å². The first-order chi connectivity index (χ1) is 8.02. The number of phenols is 2. The molecule has 3 heteroatoms. The highest BCUT2D eigenvalue weighted by molar-refractivity contribution is 6.36. The molecule has 0 aromatic heterocycles. The van der Waals surface area contributed by atoms with E-state index in [9.17, 15) is 10.2 Å². The summed E-state index contributed by atoms with van der Waals surface area (Å²) in [5.41, 5.74) is 3.34. The molecule has 2 rings (SSSR count). The van der Waals surface area contributed by atoms with Crippen molar-refractivity contribution in [3.63, 3.8) is 0 Å². The van der Waals surface area contributed by atoms with Gasteiger partial charge in [0, 0.05) is 11.6 Å². The Bertz CT molecular complexity index is 577. The van der Waals surface area contributed by atoms with E-state index in [-0.39, 0.29) is 11.5 Å². The summed E-state index contributed by atoms with van der Waals surface area (Å²) in [5, 5.41) is 20.6. The lowest BCUT2D eigenvalue weighted by molar-refractivity contribution is 0.448. The van der Waals surface area contributed by atoms with Crippen molar-refractivity contribution in [2.45, 2.75) is 13.8 Å². The van der Waals surface area contributed by atoms with Crippen molar-refractivity contribution in [1.82, 2.24) is 0 Å². The molecule has 0 atom stereocenters. The first-order valence-electron chi connectivity index (χ1n) is 5.35. The molecule has 0 bridgehead atoms. The van der Waals surface area contributed by atoms with Crippen LogP contribution in [0.1, 0.15) is 11.1 Å². The Labute approximate surface area is 104 Å². The molecule has 2 aromatic carbocycles. The van der Waals surface area contributed by atoms with Crippen molar-refractivity contribution in [3.8, 4) is 22.6 Å². The quantitative estimate of drug-likeness (QED) is 0.751. The van der Waals surface area contributed by atoms with Crippen LogP contribution in [-0.2, 0) is 0 Å². The van der Waals surface area contributed by atoms with Crippen LogP contribution >= 0.6 is 0 Å². The fourth-order valence-corrected chi connectivity index (χ4v) is 2.23. The van der Waals surface area contributed by atoms with Crippen LogP contribution in [0.2, 0.25) is 0 Å². The van der Waals surface area contributed by atoms with Gasteiger partial charge in [-0.3, -0.25) is 0 Å². The van der Waals surface area contributed by atoms with Gasteiger partial charge in [-0.25, -0.2) is 0 Å². The van der Waals surface area contributed by atoms with Crippen molar-refractivity contribution < 1.29 is 10.2 Å². The lowest BCUT2D eigenvalue weighted by atomic mass is 9.95. The molecule has 3 radical (unpaired) electrons. The van der Waals surface area contributed by atoms with Crippen molar-refractivity contribution >= 4 is 15.4 Å². The summed E-state index contributed by atoms with van der Waals surface area (Å²) < 4.78 is 0. The first kappa shape index (κ1) is 11.7. The van der Waals surface area contributed by atoms with E-state index in [0.717, 1.165) is 27.4 Å². The maximum absolute atomic E-state index is 9.99. The molecule has 0 saturated carbocycles. The maximum atomic E-state index is 9.99. The minimum atomic E-state index is 0.0938. The van der Waals surface area contributed by atoms with Gasteiger partial charge < -0.3 is 10.2 Å². The van der Waals surface area contributed by atoms with E-state index < -0.39 is 0 Å². The van der Waals surface area contributed by atoms with Crippen molar-refractivity contribution in [1.29, 1.82) is 0 Å². The third-order valence-electron chi connectivity index (χ3n) is 3.05. The molecule has 0 aliphatic rings. The summed E-state index contributed by atoms with van der Waals surface area (Å²) in [4.78, 5) is 0. The molecule has 17 heavy (non-hydrogen) atoms. The van der Waals surface area contributed by atoms with Crippen LogP contribution in [0.15, 0.2) is 30.3 Å². The van der Waals surface area contributed by atoms with Gasteiger partial charge in [-0.1, -0.05) is 29.5 Å². The summed E-state index contributed by atoms with van der Waals surface area (Å²) in [6.45, 7) is 3.73. The number of hydrogen-bond donors (Lipinski definition) is 2. The molecule has 2 N–H and O–H groups in total. The largest absolute Gasteiger partial charge is 0.508 e. The van der Waals surface area contributed by atoms with Gasteiger partial charge >= 0.3 is 0 Å². The van der Waals surface area contributed by atoms with Gasteiger partial charge in [0.05, 0.1) is 10.2 Å². The molecule has 0 aliphatic heterocycles. The monoisotopic (exact) mass is 241 g/mol. The second kappa shape index (κ2) is 4.26. The van der Waals surface area contributed by atoms with Gasteiger partial charge in [0.1, 0.15) is 11.5 Å². The average Bonchev–Trinajstić information content (AvgIpc) is 2.29. The molecular formula is C14H13O2Si. The summed E-state index contributed by atoms with van der Waals surface area (Å²) >= 11 is 0. The molecule has 2 nitrogen and oxygen atoms in total. The fraction of sp³-hybridized carbons (Fsp3) is 0.143. The molecule has 85 valence electrons. The van der Waals surface area contributed by atoms with E-state index in [2.05, 4.69) is 10.2 Å². The van der Waals surface area contributed by atoms with Crippen molar-refractivity contribution in [3.05, 3.63) is 41.5 Å². The molecule has 0 spiro atoms. The van der Waals surface area contributed by atoms with E-state index in [4.69, 9.17) is 0 Å². The molecule has 0 aliphatic carbocycles. The predicted octanol–water partition coefficient (Wildman–Crippen LogP) is 2.18. The van der Waals surface area contributed by atoms with Crippen LogP contribution in [0.3, 0.4) is 0 Å². The SMILES string of the molecule is Cc1c(O)cc(O)c(-c2ccccc2[Si])c1C. The van der Waals surface area contributed by atoms with Crippen LogP contribution in [0.25, 0.3) is 11.1 Å². The minimum absolute atomic E-state index is 0.0938. The van der Waals surface area contributed by atoms with E-state index in [0.29, 0.717) is 0 Å². The molecule has 0 unspecified atom stereocenters. The third-order valence-corrected chi connectivity index (χ3v) is 3.48. The standard InChI is InChI=1S/C14H13O2Si/c1-8-9(2)14(12(16)7-11(8)15)10-5-3-4-6-13(10)17/h3-7,15-16H,1-2H3. The normalized spacial score (nSPS) is 10.5. The summed E-state index contributed by atoms with van der Waals surface area (Å²) in [7, 11) is 3.52. The van der Waals surface area contributed by atoms with Crippen molar-refractivity contribution in [2.75, 3.05) is 0 Å². The zero-order valence-corrected chi connectivity index (χ0v) is 10.8. The second-order valence-electron chi connectivity index (χ2n) is 4.09. The van der Waals surface area contributed by atoms with Crippen molar-refractivity contribution in [2.24, 2.45) is 0 Å². The Balaban J connectivity index is 2.77. The van der Waals surface area contributed by atoms with Crippen LogP contribution < -0.4 is 5.19 Å². The van der Waals surface area contributed by atoms with Gasteiger partial charge in [-0.05, 0) is 30.5 Å². The fourth-order valence-electron chi connectivity index (χ4n) is 1.92. The third kappa shape index (κ3) is 1.94. The predicted molar refractivity (Wildman–Crippen MR) is 70.1 cm³/mol. The molecule has 0 saturated heterocycles. The summed E-state index contributed by atoms with van der Waals surface area (Å²) in [6, 6.07) is 9.08. The zero-order chi connectivity index (χ0) is 12.6. The highest BCUT2D eigenvalue weighted by atomic mass is 28.1. The molecule has 0 amide bonds. The van der Waals surface area contributed by atoms with Gasteiger partial charge in [-0.15, -0.1) is 0 Å². The Hall–Kier alpha value is -1.74. The molecule has 0 heterocycles. The van der Waals surface area contributed by atoms with E-state index in [1.165, 1.54) is 6.07 Å². The smallest absolute Gasteiger partial charge is 0.127 e. The van der Waals surface area contributed by atoms with Gasteiger partial charge in [-0.2, -0.15) is 0 Å². The first-order valence-corrected chi connectivity index (χ1v) is 5.85. The van der Waals surface area contributed by atoms with Crippen LogP contribution in [0.4, 0.5) is 0 Å². The highest BCUT2D eigenvalue weighted by Crippen LogP contribution is 2.37. The number of benzene rings is 2. The van der Waals surface area contributed by atoms with Gasteiger partial charge in [0.2, 0.25) is 0 Å². The topological polar surface area (TPSA) is 40.5 Å². The molecular weight excluding hydrogens is 228 g/mol. The number of hydrogen-bond acceptors (Lipinski definition) is 2. The van der Waals surface area contributed by atoms with Crippen LogP contribution in [0, 0.1) is 13.8 Å². The van der Waals surface area contributed by atoms with E-state index in [1.807, 2.05) is 38.1 Å². The Morgan fingerprint density at radius 1 is 0.941 bits per heavy atom. The zero-order valence-electron chi connectivity index (χ0n) is 9.78. The summed E-state index contributed by atoms with van der Waals surface area (Å²) in [5.74, 6) is 0.214. The molecule has 2 aromatic rings. The minimum Gasteiger partial charge on any atom is -0.508 e. The van der Waals surface area contributed by atoms with Crippen LogP contribution in [0.5, 0.6) is 11.5 Å². The number of rotatable bonds is 1. The summed E-state index contributed by atoms with van der Waals surface area (Å²) in [6.07, 6.45) is 0. The number of aromatic hydroxyl groups is 2. The number of phenolic OH excluding ortho intramolecular Hbond substituents is 2.